The van der Waals surface area contributed by atoms with Gasteiger partial charge in [0.1, 0.15) is 0 Å². The van der Waals surface area contributed by atoms with E-state index >= 15 is 0 Å². The van der Waals surface area contributed by atoms with E-state index in [9.17, 15) is 15.3 Å². The van der Waals surface area contributed by atoms with Crippen molar-refractivity contribution in [1.29, 1.82) is 0 Å². The number of rotatable bonds is 3. The van der Waals surface area contributed by atoms with Gasteiger partial charge in [-0.1, -0.05) is 175 Å². The van der Waals surface area contributed by atoms with Crippen LogP contribution in [0.4, 0.5) is 0 Å². The van der Waals surface area contributed by atoms with Crippen LogP contribution in [0, 0.1) is 19.9 Å². The van der Waals surface area contributed by atoms with Gasteiger partial charge in [-0.2, -0.15) is 6.08 Å². The Kier molecular flexibility index (Phi) is 20.9. The molecular formula is C41H38O3Ti. The Morgan fingerprint density at radius 1 is 0.489 bits per heavy atom. The summed E-state index contributed by atoms with van der Waals surface area (Å²) < 4.78 is 0. The van der Waals surface area contributed by atoms with E-state index in [1.807, 2.05) is 30.4 Å². The molecule has 0 amide bonds. The van der Waals surface area contributed by atoms with Crippen LogP contribution in [0.25, 0.3) is 12.2 Å². The molecule has 0 N–H and O–H groups in total. The van der Waals surface area contributed by atoms with Crippen LogP contribution in [0.2, 0.25) is 0 Å². The minimum atomic E-state index is 0. The first kappa shape index (κ1) is 38.2. The molecule has 45 heavy (non-hydrogen) atoms. The Bertz CT molecular complexity index is 1370. The standard InChI is InChI=1S/C18H18.3C6H6O.C5H5.Ti/c1-15-7-11-17(12-8-15)5-3-4-6-18-13-9-16(2)10-14-18;3*7-6-4-2-1-3-5-6;1-2-4-5-3-1;/h3-14H,1-2H3;3*1-5,7H;1-3H,4H2;/q;;;;-1;+4/p-3. The van der Waals surface area contributed by atoms with E-state index in [0.717, 1.165) is 6.42 Å². The second kappa shape index (κ2) is 24.6. The van der Waals surface area contributed by atoms with Crippen molar-refractivity contribution in [2.45, 2.75) is 20.3 Å². The molecule has 0 bridgehead atoms. The molecule has 224 valence electrons. The van der Waals surface area contributed by atoms with Crippen LogP contribution in [0.3, 0.4) is 0 Å². The van der Waals surface area contributed by atoms with Crippen LogP contribution in [0.1, 0.15) is 28.7 Å². The van der Waals surface area contributed by atoms with Gasteiger partial charge < -0.3 is 15.3 Å². The van der Waals surface area contributed by atoms with Gasteiger partial charge in [-0.15, -0.1) is 23.7 Å². The maximum atomic E-state index is 10.3. The molecule has 0 unspecified atom stereocenters. The van der Waals surface area contributed by atoms with Crippen LogP contribution in [-0.2, 0) is 21.7 Å². The van der Waals surface area contributed by atoms with E-state index in [2.05, 4.69) is 98.8 Å². The van der Waals surface area contributed by atoms with Crippen LogP contribution < -0.4 is 15.3 Å². The summed E-state index contributed by atoms with van der Waals surface area (Å²) in [5, 5.41) is 30.8. The average Bonchev–Trinajstić information content (AvgIpc) is 3.64. The maximum absolute atomic E-state index is 10.3. The van der Waals surface area contributed by atoms with Gasteiger partial charge in [0.15, 0.2) is 0 Å². The number of allylic oxidation sites excluding steroid dienone is 6. The summed E-state index contributed by atoms with van der Waals surface area (Å²) >= 11 is 0. The van der Waals surface area contributed by atoms with E-state index < -0.39 is 0 Å². The van der Waals surface area contributed by atoms with Crippen molar-refractivity contribution in [3.8, 4) is 17.2 Å². The molecule has 0 aliphatic heterocycles. The van der Waals surface area contributed by atoms with Crippen LogP contribution >= 0.6 is 0 Å². The average molecular weight is 627 g/mol. The summed E-state index contributed by atoms with van der Waals surface area (Å²) in [4.78, 5) is 0. The molecule has 0 saturated carbocycles. The first-order chi connectivity index (χ1) is 21.4. The molecule has 0 fully saturated rings. The molecule has 0 heterocycles. The number of hydrogen-bond donors (Lipinski definition) is 0. The fraction of sp³-hybridized carbons (Fsp3) is 0.0732. The normalized spacial score (nSPS) is 10.5. The summed E-state index contributed by atoms with van der Waals surface area (Å²) in [6.45, 7) is 4.20. The van der Waals surface area contributed by atoms with Gasteiger partial charge in [0.25, 0.3) is 0 Å². The summed E-state index contributed by atoms with van der Waals surface area (Å²) in [5.41, 5.74) is 5.05. The topological polar surface area (TPSA) is 69.2 Å². The molecule has 0 radical (unpaired) electrons. The number of aryl methyl sites for hydroxylation is 2. The van der Waals surface area contributed by atoms with Gasteiger partial charge in [-0.25, -0.2) is 12.2 Å². The van der Waals surface area contributed by atoms with E-state index in [4.69, 9.17) is 0 Å². The summed E-state index contributed by atoms with van der Waals surface area (Å²) in [6.07, 6.45) is 18.4. The maximum Gasteiger partial charge on any atom is 4.00 e. The third-order valence-electron chi connectivity index (χ3n) is 5.66. The van der Waals surface area contributed by atoms with E-state index in [0.29, 0.717) is 0 Å². The quantitative estimate of drug-likeness (QED) is 0.114. The Morgan fingerprint density at radius 3 is 1.02 bits per heavy atom. The molecule has 0 atom stereocenters. The molecule has 0 aromatic heterocycles. The van der Waals surface area contributed by atoms with E-state index in [1.165, 1.54) is 58.7 Å². The van der Waals surface area contributed by atoms with Crippen molar-refractivity contribution in [1.82, 2.24) is 0 Å². The molecule has 3 nitrogen and oxygen atoms in total. The van der Waals surface area contributed by atoms with Gasteiger partial charge in [0.05, 0.1) is 0 Å². The number of para-hydroxylation sites is 3. The third kappa shape index (κ3) is 20.7. The largest absolute Gasteiger partial charge is 4.00 e. The molecule has 6 rings (SSSR count). The van der Waals surface area contributed by atoms with Gasteiger partial charge in [-0.3, -0.25) is 6.08 Å². The van der Waals surface area contributed by atoms with Gasteiger partial charge in [0.2, 0.25) is 0 Å². The number of benzene rings is 5. The zero-order valence-electron chi connectivity index (χ0n) is 25.8. The van der Waals surface area contributed by atoms with Crippen molar-refractivity contribution in [2.24, 2.45) is 0 Å². The van der Waals surface area contributed by atoms with Crippen LogP contribution in [0.5, 0.6) is 17.2 Å². The number of hydrogen-bond acceptors (Lipinski definition) is 3. The van der Waals surface area contributed by atoms with Gasteiger partial charge in [0, 0.05) is 0 Å². The molecule has 4 heteroatoms. The molecule has 0 spiro atoms. The molecule has 1 aliphatic rings. The second-order valence-corrected chi connectivity index (χ2v) is 9.48. The minimum absolute atomic E-state index is 0. The second-order valence-electron chi connectivity index (χ2n) is 9.48. The summed E-state index contributed by atoms with van der Waals surface area (Å²) in [5.74, 6) is 0.215. The van der Waals surface area contributed by atoms with Crippen molar-refractivity contribution >= 4 is 12.2 Å². The molecule has 0 saturated heterocycles. The first-order valence-corrected chi connectivity index (χ1v) is 14.3. The Morgan fingerprint density at radius 2 is 0.822 bits per heavy atom. The third-order valence-corrected chi connectivity index (χ3v) is 5.66. The van der Waals surface area contributed by atoms with Crippen molar-refractivity contribution in [3.05, 3.63) is 198 Å². The molecule has 5 aromatic rings. The Hall–Kier alpha value is -4.83. The predicted molar refractivity (Wildman–Crippen MR) is 180 cm³/mol. The fourth-order valence-electron chi connectivity index (χ4n) is 3.29. The smallest absolute Gasteiger partial charge is 0.872 e. The zero-order valence-corrected chi connectivity index (χ0v) is 27.3. The van der Waals surface area contributed by atoms with Crippen molar-refractivity contribution < 1.29 is 37.0 Å². The molecule has 1 aliphatic carbocycles. The van der Waals surface area contributed by atoms with Crippen molar-refractivity contribution in [2.75, 3.05) is 0 Å². The Labute approximate surface area is 283 Å². The predicted octanol–water partition coefficient (Wildman–Crippen LogP) is 8.61. The van der Waals surface area contributed by atoms with E-state index in [-0.39, 0.29) is 39.0 Å². The SMILES string of the molecule is Cc1ccc(C=CC=Cc2ccc(C)cc2)cc1.[C-]1=CC=CC1.[O-]c1ccccc1.[O-]c1ccccc1.[O-]c1ccccc1.[Ti+4]. The minimum Gasteiger partial charge on any atom is -0.872 e. The first-order valence-electron chi connectivity index (χ1n) is 14.3. The van der Waals surface area contributed by atoms with Gasteiger partial charge in [-0.05, 0) is 25.0 Å². The summed E-state index contributed by atoms with van der Waals surface area (Å²) in [6, 6.07) is 42.0. The Balaban J connectivity index is 0.000000311. The summed E-state index contributed by atoms with van der Waals surface area (Å²) in [7, 11) is 0. The fourth-order valence-corrected chi connectivity index (χ4v) is 3.29. The van der Waals surface area contributed by atoms with E-state index in [1.54, 1.807) is 36.4 Å². The molecular weight excluding hydrogens is 588 g/mol. The van der Waals surface area contributed by atoms with Crippen LogP contribution in [0.15, 0.2) is 170 Å². The van der Waals surface area contributed by atoms with Crippen LogP contribution in [-0.4, -0.2) is 0 Å². The van der Waals surface area contributed by atoms with Crippen molar-refractivity contribution in [3.63, 3.8) is 0 Å². The monoisotopic (exact) mass is 626 g/mol. The molecule has 5 aromatic carbocycles. The zero-order chi connectivity index (χ0) is 31.7. The van der Waals surface area contributed by atoms with Gasteiger partial charge >= 0.3 is 21.7 Å².